The number of hydrogen-bond acceptors (Lipinski definition) is 3. The van der Waals surface area contributed by atoms with E-state index in [1.807, 2.05) is 40.7 Å². The van der Waals surface area contributed by atoms with E-state index >= 15 is 0 Å². The van der Waals surface area contributed by atoms with Crippen LogP contribution in [0.1, 0.15) is 5.69 Å². The molecule has 0 aliphatic rings. The number of para-hydroxylation sites is 2. The third kappa shape index (κ3) is 2.35. The molecule has 2 heterocycles. The van der Waals surface area contributed by atoms with E-state index in [2.05, 4.69) is 27.4 Å². The molecule has 0 fully saturated rings. The Balaban J connectivity index is 1.84. The number of anilines is 1. The fraction of sp³-hybridized carbons (Fsp3) is 0.143. The maximum atomic E-state index is 4.11. The summed E-state index contributed by atoms with van der Waals surface area (Å²) in [6.07, 6.45) is 9.18. The fourth-order valence-corrected chi connectivity index (χ4v) is 1.99. The van der Waals surface area contributed by atoms with Crippen LogP contribution in [-0.4, -0.2) is 19.1 Å². The molecule has 0 amide bonds. The smallest absolute Gasteiger partial charge is 0.0992 e. The van der Waals surface area contributed by atoms with Crippen molar-refractivity contribution in [3.8, 4) is 5.69 Å². The Hall–Kier alpha value is -2.56. The molecular formula is C14H15N5. The Labute approximate surface area is 111 Å². The van der Waals surface area contributed by atoms with Gasteiger partial charge >= 0.3 is 0 Å². The highest BCUT2D eigenvalue weighted by Gasteiger charge is 2.04. The second-order valence-electron chi connectivity index (χ2n) is 4.34. The molecule has 0 radical (unpaired) electrons. The van der Waals surface area contributed by atoms with Gasteiger partial charge in [0.25, 0.3) is 0 Å². The number of benzene rings is 1. The summed E-state index contributed by atoms with van der Waals surface area (Å²) in [7, 11) is 1.99. The van der Waals surface area contributed by atoms with Gasteiger partial charge in [-0.3, -0.25) is 0 Å². The van der Waals surface area contributed by atoms with Crippen LogP contribution < -0.4 is 5.32 Å². The molecule has 0 unspecified atom stereocenters. The van der Waals surface area contributed by atoms with Crippen molar-refractivity contribution in [1.82, 2.24) is 19.1 Å². The molecule has 0 aliphatic carbocycles. The zero-order valence-electron chi connectivity index (χ0n) is 10.7. The van der Waals surface area contributed by atoms with Crippen LogP contribution in [0.5, 0.6) is 0 Å². The van der Waals surface area contributed by atoms with Gasteiger partial charge in [-0.25, -0.2) is 9.97 Å². The van der Waals surface area contributed by atoms with E-state index in [0.29, 0.717) is 0 Å². The number of imidazole rings is 2. The van der Waals surface area contributed by atoms with Crippen molar-refractivity contribution in [1.29, 1.82) is 0 Å². The number of aryl methyl sites for hydroxylation is 1. The maximum Gasteiger partial charge on any atom is 0.0992 e. The quantitative estimate of drug-likeness (QED) is 0.775. The minimum atomic E-state index is 0.738. The lowest BCUT2D eigenvalue weighted by molar-refractivity contribution is 0.837. The van der Waals surface area contributed by atoms with Crippen LogP contribution >= 0.6 is 0 Å². The highest BCUT2D eigenvalue weighted by atomic mass is 15.1. The van der Waals surface area contributed by atoms with Crippen LogP contribution in [0.15, 0.2) is 55.5 Å². The van der Waals surface area contributed by atoms with Crippen molar-refractivity contribution < 1.29 is 0 Å². The zero-order valence-corrected chi connectivity index (χ0v) is 10.7. The van der Waals surface area contributed by atoms with Crippen LogP contribution in [0.4, 0.5) is 5.69 Å². The molecule has 5 nitrogen and oxygen atoms in total. The molecule has 3 rings (SSSR count). The fourth-order valence-electron chi connectivity index (χ4n) is 1.99. The molecule has 0 saturated heterocycles. The number of aromatic nitrogens is 4. The monoisotopic (exact) mass is 253 g/mol. The molecule has 0 spiro atoms. The Bertz CT molecular complexity index is 654. The Morgan fingerprint density at radius 2 is 2.05 bits per heavy atom. The molecule has 0 bridgehead atoms. The van der Waals surface area contributed by atoms with E-state index in [4.69, 9.17) is 0 Å². The number of nitrogens with one attached hydrogen (secondary N) is 1. The molecule has 1 N–H and O–H groups in total. The summed E-state index contributed by atoms with van der Waals surface area (Å²) >= 11 is 0. The van der Waals surface area contributed by atoms with Crippen molar-refractivity contribution >= 4 is 5.69 Å². The van der Waals surface area contributed by atoms with E-state index in [9.17, 15) is 0 Å². The molecular weight excluding hydrogens is 238 g/mol. The first-order valence-corrected chi connectivity index (χ1v) is 6.11. The van der Waals surface area contributed by atoms with Crippen molar-refractivity contribution in [2.45, 2.75) is 6.54 Å². The summed E-state index contributed by atoms with van der Waals surface area (Å²) in [5.41, 5.74) is 3.30. The average molecular weight is 253 g/mol. The predicted octanol–water partition coefficient (Wildman–Crippen LogP) is 2.22. The largest absolute Gasteiger partial charge is 0.378 e. The van der Waals surface area contributed by atoms with E-state index in [1.54, 1.807) is 18.9 Å². The minimum absolute atomic E-state index is 0.738. The maximum absolute atomic E-state index is 4.11. The van der Waals surface area contributed by atoms with Crippen LogP contribution in [0.25, 0.3) is 5.69 Å². The van der Waals surface area contributed by atoms with Crippen molar-refractivity contribution in [3.05, 3.63) is 61.2 Å². The van der Waals surface area contributed by atoms with Gasteiger partial charge < -0.3 is 14.5 Å². The van der Waals surface area contributed by atoms with E-state index in [-0.39, 0.29) is 0 Å². The van der Waals surface area contributed by atoms with Crippen molar-refractivity contribution in [3.63, 3.8) is 0 Å². The topological polar surface area (TPSA) is 47.7 Å². The van der Waals surface area contributed by atoms with Gasteiger partial charge in [-0.1, -0.05) is 12.1 Å². The summed E-state index contributed by atoms with van der Waals surface area (Å²) in [6.45, 7) is 0.738. The van der Waals surface area contributed by atoms with Gasteiger partial charge in [-0.2, -0.15) is 0 Å². The molecule has 3 aromatic rings. The minimum Gasteiger partial charge on any atom is -0.378 e. The van der Waals surface area contributed by atoms with Gasteiger partial charge in [0.2, 0.25) is 0 Å². The van der Waals surface area contributed by atoms with Crippen LogP contribution in [-0.2, 0) is 13.6 Å². The van der Waals surface area contributed by atoms with Crippen molar-refractivity contribution in [2.75, 3.05) is 5.32 Å². The van der Waals surface area contributed by atoms with Gasteiger partial charge in [-0.05, 0) is 12.1 Å². The Morgan fingerprint density at radius 3 is 2.79 bits per heavy atom. The third-order valence-corrected chi connectivity index (χ3v) is 3.06. The molecule has 96 valence electrons. The lowest BCUT2D eigenvalue weighted by atomic mass is 10.2. The standard InChI is InChI=1S/C14H15N5/c1-18-10-16-8-12(18)9-17-13-4-2-3-5-14(13)19-7-6-15-11-19/h2-8,10-11,17H,9H2,1H3. The Morgan fingerprint density at radius 1 is 1.16 bits per heavy atom. The second kappa shape index (κ2) is 4.97. The van der Waals surface area contributed by atoms with Gasteiger partial charge in [-0.15, -0.1) is 0 Å². The van der Waals surface area contributed by atoms with Gasteiger partial charge in [0.15, 0.2) is 0 Å². The number of nitrogens with zero attached hydrogens (tertiary/aromatic N) is 4. The zero-order chi connectivity index (χ0) is 13.1. The molecule has 19 heavy (non-hydrogen) atoms. The first-order chi connectivity index (χ1) is 9.34. The van der Waals surface area contributed by atoms with Crippen LogP contribution in [0.3, 0.4) is 0 Å². The van der Waals surface area contributed by atoms with Crippen LogP contribution in [0.2, 0.25) is 0 Å². The van der Waals surface area contributed by atoms with E-state index in [0.717, 1.165) is 23.6 Å². The normalized spacial score (nSPS) is 10.6. The SMILES string of the molecule is Cn1cncc1CNc1ccccc1-n1ccnc1. The van der Waals surface area contributed by atoms with Gasteiger partial charge in [0.05, 0.1) is 36.3 Å². The summed E-state index contributed by atoms with van der Waals surface area (Å²) in [4.78, 5) is 8.20. The lowest BCUT2D eigenvalue weighted by Crippen LogP contribution is -2.06. The van der Waals surface area contributed by atoms with Crippen molar-refractivity contribution in [2.24, 2.45) is 7.05 Å². The molecule has 0 aliphatic heterocycles. The summed E-state index contributed by atoms with van der Waals surface area (Å²) in [6, 6.07) is 8.16. The Kier molecular flexibility index (Phi) is 3.02. The summed E-state index contributed by atoms with van der Waals surface area (Å²) in [5, 5.41) is 3.44. The summed E-state index contributed by atoms with van der Waals surface area (Å²) in [5.74, 6) is 0. The molecule has 0 atom stereocenters. The number of rotatable bonds is 4. The lowest BCUT2D eigenvalue weighted by Gasteiger charge is -2.12. The molecule has 5 heteroatoms. The molecule has 0 saturated carbocycles. The van der Waals surface area contributed by atoms with Crippen LogP contribution in [0, 0.1) is 0 Å². The summed E-state index contributed by atoms with van der Waals surface area (Å²) < 4.78 is 4.00. The van der Waals surface area contributed by atoms with E-state index < -0.39 is 0 Å². The van der Waals surface area contributed by atoms with E-state index in [1.165, 1.54) is 0 Å². The second-order valence-corrected chi connectivity index (χ2v) is 4.34. The first kappa shape index (κ1) is 11.5. The van der Waals surface area contributed by atoms with Gasteiger partial charge in [0.1, 0.15) is 0 Å². The molecule has 2 aromatic heterocycles. The third-order valence-electron chi connectivity index (χ3n) is 3.06. The molecule has 1 aromatic carbocycles. The number of hydrogen-bond donors (Lipinski definition) is 1. The highest BCUT2D eigenvalue weighted by molar-refractivity contribution is 5.60. The van der Waals surface area contributed by atoms with Gasteiger partial charge in [0, 0.05) is 25.6 Å². The first-order valence-electron chi connectivity index (χ1n) is 6.11. The highest BCUT2D eigenvalue weighted by Crippen LogP contribution is 2.20. The predicted molar refractivity (Wildman–Crippen MR) is 74.1 cm³/mol. The average Bonchev–Trinajstić information content (AvgIpc) is 3.08.